The van der Waals surface area contributed by atoms with Gasteiger partial charge in [0, 0.05) is 0 Å². The molecule has 0 spiro atoms. The van der Waals surface area contributed by atoms with Gasteiger partial charge in [0.1, 0.15) is 11.0 Å². The molecule has 1 heterocycles. The molecule has 2 aromatic carbocycles. The van der Waals surface area contributed by atoms with E-state index in [9.17, 15) is 0 Å². The third-order valence-electron chi connectivity index (χ3n) is 5.79. The van der Waals surface area contributed by atoms with Crippen LogP contribution in [0, 0.1) is 0 Å². The van der Waals surface area contributed by atoms with E-state index >= 15 is 0 Å². The summed E-state index contributed by atoms with van der Waals surface area (Å²) in [5.74, 6) is 0.856. The lowest BCUT2D eigenvalue weighted by molar-refractivity contribution is -0.648. The second kappa shape index (κ2) is 13.3. The molecule has 0 saturated carbocycles. The Morgan fingerprint density at radius 3 is 1.93 bits per heavy atom. The van der Waals surface area contributed by atoms with Crippen LogP contribution in [0.4, 0.5) is 5.95 Å². The Bertz CT molecular complexity index is 860. The van der Waals surface area contributed by atoms with Crippen molar-refractivity contribution in [2.75, 3.05) is 12.3 Å². The molecule has 0 unspecified atom stereocenters. The largest absolute Gasteiger partial charge is 1.00 e. The van der Waals surface area contributed by atoms with Gasteiger partial charge < -0.3 is 18.1 Å². The molecule has 0 aliphatic carbocycles. The highest BCUT2D eigenvalue weighted by Gasteiger charge is 2.20. The first kappa shape index (κ1) is 24.2. The highest BCUT2D eigenvalue weighted by atomic mass is 35.5. The van der Waals surface area contributed by atoms with Crippen molar-refractivity contribution in [3.63, 3.8) is 0 Å². The number of nitrogen functional groups attached to an aromatic ring is 1. The summed E-state index contributed by atoms with van der Waals surface area (Å²) in [5, 5.41) is 0. The van der Waals surface area contributed by atoms with Crippen LogP contribution in [0.15, 0.2) is 54.6 Å². The Balaban J connectivity index is 0.00000320. The molecule has 0 radical (unpaired) electrons. The van der Waals surface area contributed by atoms with Crippen molar-refractivity contribution in [3.05, 3.63) is 60.2 Å². The van der Waals surface area contributed by atoms with Gasteiger partial charge in [-0.1, -0.05) is 87.4 Å². The van der Waals surface area contributed by atoms with Gasteiger partial charge >= 0.3 is 5.95 Å². The Morgan fingerprint density at radius 2 is 1.27 bits per heavy atom. The minimum Gasteiger partial charge on any atom is -1.00 e. The number of rotatable bonds is 13. The lowest BCUT2D eigenvalue weighted by Crippen LogP contribution is -3.00. The minimum absolute atomic E-state index is 0. The van der Waals surface area contributed by atoms with Gasteiger partial charge in [-0.05, 0) is 37.1 Å². The summed E-state index contributed by atoms with van der Waals surface area (Å²) in [6.45, 7) is 2.64. The monoisotopic (exact) mass is 428 g/mol. The number of aryl methyl sites for hydroxylation is 1. The third-order valence-corrected chi connectivity index (χ3v) is 5.79. The highest BCUT2D eigenvalue weighted by molar-refractivity contribution is 5.73. The van der Waals surface area contributed by atoms with Gasteiger partial charge in [0.15, 0.2) is 0 Å². The van der Waals surface area contributed by atoms with E-state index in [2.05, 4.69) is 63.7 Å². The molecule has 0 fully saturated rings. The van der Waals surface area contributed by atoms with Crippen molar-refractivity contribution in [3.8, 4) is 0 Å². The number of para-hydroxylation sites is 2. The molecule has 0 aliphatic heterocycles. The van der Waals surface area contributed by atoms with Crippen molar-refractivity contribution in [1.82, 2.24) is 4.57 Å². The van der Waals surface area contributed by atoms with Crippen molar-refractivity contribution >= 4 is 17.0 Å². The quantitative estimate of drug-likeness (QED) is 0.323. The predicted molar refractivity (Wildman–Crippen MR) is 123 cm³/mol. The van der Waals surface area contributed by atoms with E-state index in [4.69, 9.17) is 11.5 Å². The molecule has 1 aromatic heterocycles. The molecule has 0 aliphatic rings. The Labute approximate surface area is 187 Å². The fraction of sp³-hybridized carbons (Fsp3) is 0.480. The zero-order valence-corrected chi connectivity index (χ0v) is 18.9. The summed E-state index contributed by atoms with van der Waals surface area (Å²) >= 11 is 0. The number of hydrogen-bond donors (Lipinski definition) is 2. The minimum atomic E-state index is 0. The van der Waals surface area contributed by atoms with Crippen molar-refractivity contribution in [2.45, 2.75) is 70.9 Å². The fourth-order valence-corrected chi connectivity index (χ4v) is 4.13. The number of nitrogens with zero attached hydrogens (tertiary/aromatic N) is 2. The summed E-state index contributed by atoms with van der Waals surface area (Å²) in [5.41, 5.74) is 15.9. The van der Waals surface area contributed by atoms with E-state index in [1.165, 1.54) is 74.4 Å². The molecular weight excluding hydrogens is 392 g/mol. The van der Waals surface area contributed by atoms with Crippen LogP contribution in [0.2, 0.25) is 0 Å². The van der Waals surface area contributed by atoms with Gasteiger partial charge in [-0.2, -0.15) is 0 Å². The van der Waals surface area contributed by atoms with Crippen LogP contribution >= 0.6 is 0 Å². The normalized spacial score (nSPS) is 11.0. The maximum atomic E-state index is 6.60. The van der Waals surface area contributed by atoms with Crippen LogP contribution in [0.5, 0.6) is 0 Å². The average Bonchev–Trinajstić information content (AvgIpc) is 3.01. The first-order valence-corrected chi connectivity index (χ1v) is 11.3. The SMILES string of the molecule is NCCCCCCCCCCCn1c(N)[n+](Cc2ccccc2)c2ccccc21.[Cl-]. The van der Waals surface area contributed by atoms with E-state index in [0.717, 1.165) is 25.6 Å². The predicted octanol–water partition coefficient (Wildman–Crippen LogP) is 2.03. The lowest BCUT2D eigenvalue weighted by Gasteiger charge is -2.04. The van der Waals surface area contributed by atoms with Crippen molar-refractivity contribution in [1.29, 1.82) is 0 Å². The number of aromatic nitrogens is 2. The summed E-state index contributed by atoms with van der Waals surface area (Å²) in [4.78, 5) is 0. The number of anilines is 1. The standard InChI is InChI=1S/C25H36N4.ClH/c26-19-13-6-4-2-1-3-5-7-14-20-28-23-17-11-12-18-24(23)29(25(28)27)21-22-15-9-8-10-16-22;/h8-12,15-18,27H,1-7,13-14,19-21,26H2;1H. The molecule has 30 heavy (non-hydrogen) atoms. The molecule has 4 nitrogen and oxygen atoms in total. The Kier molecular flexibility index (Phi) is 10.7. The van der Waals surface area contributed by atoms with Crippen LogP contribution in [-0.4, -0.2) is 11.1 Å². The van der Waals surface area contributed by atoms with Gasteiger partial charge in [-0.25, -0.2) is 9.13 Å². The number of fused-ring (bicyclic) bond motifs is 1. The van der Waals surface area contributed by atoms with Crippen LogP contribution in [0.1, 0.15) is 63.4 Å². The molecule has 0 amide bonds. The maximum Gasteiger partial charge on any atom is 0.356 e. The van der Waals surface area contributed by atoms with E-state index in [1.807, 2.05) is 0 Å². The second-order valence-electron chi connectivity index (χ2n) is 8.04. The second-order valence-corrected chi connectivity index (χ2v) is 8.04. The Morgan fingerprint density at radius 1 is 0.700 bits per heavy atom. The molecule has 0 saturated heterocycles. The van der Waals surface area contributed by atoms with E-state index in [1.54, 1.807) is 0 Å². The molecule has 5 heteroatoms. The maximum absolute atomic E-state index is 6.60. The third kappa shape index (κ3) is 6.75. The lowest BCUT2D eigenvalue weighted by atomic mass is 10.1. The van der Waals surface area contributed by atoms with Crippen LogP contribution in [0.3, 0.4) is 0 Å². The van der Waals surface area contributed by atoms with Gasteiger partial charge in [0.25, 0.3) is 0 Å². The number of imidazole rings is 1. The molecule has 0 atom stereocenters. The average molecular weight is 429 g/mol. The molecule has 3 aromatic rings. The number of unbranched alkanes of at least 4 members (excludes halogenated alkanes) is 8. The zero-order chi connectivity index (χ0) is 20.3. The van der Waals surface area contributed by atoms with E-state index in [0.29, 0.717) is 0 Å². The summed E-state index contributed by atoms with van der Waals surface area (Å²) in [7, 11) is 0. The number of halogens is 1. The molecule has 3 rings (SSSR count). The summed E-state index contributed by atoms with van der Waals surface area (Å²) in [6.07, 6.45) is 11.6. The fourth-order valence-electron chi connectivity index (χ4n) is 4.13. The first-order chi connectivity index (χ1) is 14.3. The zero-order valence-electron chi connectivity index (χ0n) is 18.1. The molecule has 164 valence electrons. The summed E-state index contributed by atoms with van der Waals surface area (Å²) in [6, 6.07) is 19.1. The van der Waals surface area contributed by atoms with Crippen LogP contribution in [0.25, 0.3) is 11.0 Å². The van der Waals surface area contributed by atoms with Crippen LogP contribution in [-0.2, 0) is 13.1 Å². The smallest absolute Gasteiger partial charge is 0.356 e. The van der Waals surface area contributed by atoms with Gasteiger partial charge in [0.05, 0.1) is 13.1 Å². The number of hydrogen-bond acceptors (Lipinski definition) is 2. The molecule has 0 bridgehead atoms. The van der Waals surface area contributed by atoms with Gasteiger partial charge in [-0.15, -0.1) is 0 Å². The highest BCUT2D eigenvalue weighted by Crippen LogP contribution is 2.18. The molecule has 4 N–H and O–H groups in total. The van der Waals surface area contributed by atoms with Crippen LogP contribution < -0.4 is 28.4 Å². The first-order valence-electron chi connectivity index (χ1n) is 11.3. The van der Waals surface area contributed by atoms with E-state index < -0.39 is 0 Å². The number of nitrogens with two attached hydrogens (primary N) is 2. The Hall–Kier alpha value is -2.04. The van der Waals surface area contributed by atoms with Gasteiger partial charge in [0.2, 0.25) is 0 Å². The van der Waals surface area contributed by atoms with E-state index in [-0.39, 0.29) is 12.4 Å². The van der Waals surface area contributed by atoms with Gasteiger partial charge in [-0.3, -0.25) is 5.73 Å². The van der Waals surface area contributed by atoms with Crippen molar-refractivity contribution in [2.24, 2.45) is 5.73 Å². The van der Waals surface area contributed by atoms with Crippen molar-refractivity contribution < 1.29 is 17.0 Å². The summed E-state index contributed by atoms with van der Waals surface area (Å²) < 4.78 is 4.54. The topological polar surface area (TPSA) is 60.9 Å². The number of benzene rings is 2. The molecular formula is C25H37ClN4.